The van der Waals surface area contributed by atoms with Gasteiger partial charge in [0, 0.05) is 18.5 Å². The summed E-state index contributed by atoms with van der Waals surface area (Å²) in [5, 5.41) is 40.6. The summed E-state index contributed by atoms with van der Waals surface area (Å²) in [4.78, 5) is 47.8. The molecule has 3 aromatic heterocycles. The highest BCUT2D eigenvalue weighted by Gasteiger charge is 2.33. The average molecular weight is 786 g/mol. The molecule has 0 aliphatic rings. The minimum Gasteiger partial charge on any atom is -0.453 e. The molecule has 19 heteroatoms. The number of hydrogen-bond donors (Lipinski definition) is 3. The molecule has 3 N–H and O–H groups in total. The molecule has 0 atom stereocenters. The fourth-order valence-electron chi connectivity index (χ4n) is 5.80. The molecule has 0 saturated carbocycles. The van der Waals surface area contributed by atoms with Gasteiger partial charge in [-0.15, -0.1) is 15.0 Å². The first-order chi connectivity index (χ1) is 27.3. The van der Waals surface area contributed by atoms with Crippen LogP contribution in [0, 0.1) is 6.92 Å². The maximum atomic E-state index is 13.6. The first-order valence-electron chi connectivity index (χ1n) is 17.6. The van der Waals surface area contributed by atoms with Crippen LogP contribution in [0.15, 0.2) is 86.4 Å². The second-order valence-corrected chi connectivity index (χ2v) is 13.2. The largest absolute Gasteiger partial charge is 0.519 e. The monoisotopic (exact) mass is 785 g/mol. The van der Waals surface area contributed by atoms with Crippen LogP contribution < -0.4 is 10.6 Å². The number of carbonyl (C=O) groups is 2. The summed E-state index contributed by atoms with van der Waals surface area (Å²) in [7, 11) is 0. The van der Waals surface area contributed by atoms with Gasteiger partial charge < -0.3 is 32.7 Å². The number of carbonyl (C=O) groups excluding carboxylic acids is 2. The van der Waals surface area contributed by atoms with Gasteiger partial charge >= 0.3 is 17.9 Å². The third kappa shape index (κ3) is 10.0. The van der Waals surface area contributed by atoms with Crippen molar-refractivity contribution in [2.75, 3.05) is 0 Å². The molecular weight excluding hydrogens is 746 g/mol. The molecule has 57 heavy (non-hydrogen) atoms. The van der Waals surface area contributed by atoms with Crippen LogP contribution in [-0.4, -0.2) is 62.8 Å². The van der Waals surface area contributed by atoms with Crippen molar-refractivity contribution in [3.05, 3.63) is 123 Å². The van der Waals surface area contributed by atoms with Gasteiger partial charge in [0.25, 0.3) is 0 Å². The third-order valence-electron chi connectivity index (χ3n) is 8.43. The van der Waals surface area contributed by atoms with E-state index in [1.165, 1.54) is 19.1 Å². The molecular formula is C38H39N7O12. The van der Waals surface area contributed by atoms with Crippen LogP contribution in [0.5, 0.6) is 5.75 Å². The Bertz CT molecular complexity index is 2390. The summed E-state index contributed by atoms with van der Waals surface area (Å²) >= 11 is 0. The van der Waals surface area contributed by atoms with Gasteiger partial charge in [-0.1, -0.05) is 67.6 Å². The molecule has 3 heterocycles. The molecule has 0 radical (unpaired) electrons. The number of aliphatic hydroxyl groups is 1. The highest BCUT2D eigenvalue weighted by Crippen LogP contribution is 2.31. The minimum atomic E-state index is -1.48. The van der Waals surface area contributed by atoms with E-state index in [1.807, 2.05) is 55.5 Å². The number of benzene rings is 3. The van der Waals surface area contributed by atoms with Crippen LogP contribution in [0.1, 0.15) is 71.8 Å². The smallest absolute Gasteiger partial charge is 0.453 e. The highest BCUT2D eigenvalue weighted by atomic mass is 17.1. The van der Waals surface area contributed by atoms with E-state index < -0.39 is 35.7 Å². The lowest BCUT2D eigenvalue weighted by Gasteiger charge is -2.17. The normalized spacial score (nSPS) is 11.6. The molecule has 298 valence electrons. The van der Waals surface area contributed by atoms with Gasteiger partial charge in [-0.2, -0.15) is 0 Å². The van der Waals surface area contributed by atoms with Crippen LogP contribution in [0.2, 0.25) is 0 Å². The Hall–Kier alpha value is -6.51. The molecule has 19 nitrogen and oxygen atoms in total. The van der Waals surface area contributed by atoms with Crippen molar-refractivity contribution >= 4 is 12.1 Å². The number of aryl methyl sites for hydroxylation is 2. The maximum Gasteiger partial charge on any atom is 0.519 e. The first kappa shape index (κ1) is 40.2. The van der Waals surface area contributed by atoms with Crippen LogP contribution in [-0.2, 0) is 52.8 Å². The molecule has 3 aromatic carbocycles. The lowest BCUT2D eigenvalue weighted by atomic mass is 9.98. The number of imidazole rings is 1. The zero-order valence-electron chi connectivity index (χ0n) is 31.3. The molecule has 0 spiro atoms. The molecule has 0 aliphatic heterocycles. The lowest BCUT2D eigenvalue weighted by molar-refractivity contribution is -0.497. The summed E-state index contributed by atoms with van der Waals surface area (Å²) in [6.45, 7) is 5.88. The van der Waals surface area contributed by atoms with Crippen molar-refractivity contribution in [3.63, 3.8) is 0 Å². The standard InChI is InChI=1S/C38H39N7O12/c1-5-9-31-39-33(38(3,4)49)32(35(46)52-21-30-23(2)55-37(48)57-30)43(31)19-24-14-16-26(17-15-24)28-12-6-7-13-29(28)34-40-42-44(41-34)22-53-36(47)56-27-11-8-10-25(18-27)20-54-45(50)51/h6-8,10-18,49-51H,5,9,19-22H2,1-4H3. The Kier molecular flexibility index (Phi) is 12.3. The Morgan fingerprint density at radius 3 is 2.37 bits per heavy atom. The van der Waals surface area contributed by atoms with Crippen molar-refractivity contribution < 1.29 is 53.0 Å². The van der Waals surface area contributed by atoms with E-state index >= 15 is 0 Å². The first-order valence-corrected chi connectivity index (χ1v) is 17.6. The maximum absolute atomic E-state index is 13.6. The van der Waals surface area contributed by atoms with Gasteiger partial charge in [0.2, 0.25) is 12.6 Å². The van der Waals surface area contributed by atoms with E-state index in [4.69, 9.17) is 33.5 Å². The fourth-order valence-corrected chi connectivity index (χ4v) is 5.80. The Balaban J connectivity index is 1.17. The van der Waals surface area contributed by atoms with E-state index in [9.17, 15) is 19.5 Å². The number of rotatable bonds is 16. The zero-order valence-corrected chi connectivity index (χ0v) is 31.3. The number of ether oxygens (including phenoxy) is 3. The molecule has 0 fully saturated rings. The van der Waals surface area contributed by atoms with Gasteiger partial charge in [0.15, 0.2) is 23.8 Å². The van der Waals surface area contributed by atoms with Crippen molar-refractivity contribution in [2.24, 2.45) is 0 Å². The molecule has 0 unspecified atom stereocenters. The molecule has 0 amide bonds. The molecule has 0 bridgehead atoms. The number of aromatic nitrogens is 6. The predicted octanol–water partition coefficient (Wildman–Crippen LogP) is 5.33. The highest BCUT2D eigenvalue weighted by molar-refractivity contribution is 5.89. The fraction of sp³-hybridized carbons (Fsp3) is 0.289. The van der Waals surface area contributed by atoms with Crippen LogP contribution in [0.25, 0.3) is 22.5 Å². The van der Waals surface area contributed by atoms with Gasteiger partial charge in [0.05, 0.1) is 12.0 Å². The third-order valence-corrected chi connectivity index (χ3v) is 8.43. The van der Waals surface area contributed by atoms with Crippen LogP contribution in [0.3, 0.4) is 0 Å². The number of hydrogen-bond acceptors (Lipinski definition) is 17. The summed E-state index contributed by atoms with van der Waals surface area (Å²) in [5.74, 6) is -0.388. The van der Waals surface area contributed by atoms with E-state index in [0.717, 1.165) is 27.9 Å². The second-order valence-electron chi connectivity index (χ2n) is 13.2. The number of tetrazole rings is 1. The quantitative estimate of drug-likeness (QED) is 0.0638. The van der Waals surface area contributed by atoms with Crippen LogP contribution in [0.4, 0.5) is 4.79 Å². The van der Waals surface area contributed by atoms with Crippen molar-refractivity contribution in [3.8, 4) is 28.3 Å². The van der Waals surface area contributed by atoms with Gasteiger partial charge in [-0.25, -0.2) is 24.2 Å². The summed E-state index contributed by atoms with van der Waals surface area (Å²) in [6.07, 6.45) is 0.220. The number of nitrogens with zero attached hydrogens (tertiary/aromatic N) is 7. The van der Waals surface area contributed by atoms with E-state index in [-0.39, 0.29) is 54.2 Å². The Morgan fingerprint density at radius 1 is 0.930 bits per heavy atom. The van der Waals surface area contributed by atoms with Gasteiger partial charge in [-0.05, 0) is 66.8 Å². The zero-order chi connectivity index (χ0) is 40.7. The molecule has 0 saturated heterocycles. The van der Waals surface area contributed by atoms with E-state index in [0.29, 0.717) is 23.4 Å². The minimum absolute atomic E-state index is 0.0768. The number of esters is 1. The van der Waals surface area contributed by atoms with Crippen molar-refractivity contribution in [1.82, 2.24) is 35.1 Å². The van der Waals surface area contributed by atoms with Crippen molar-refractivity contribution in [2.45, 2.75) is 72.6 Å². The summed E-state index contributed by atoms with van der Waals surface area (Å²) in [5.41, 5.74) is 2.36. The predicted molar refractivity (Wildman–Crippen MR) is 194 cm³/mol. The van der Waals surface area contributed by atoms with Gasteiger partial charge in [0.1, 0.15) is 22.9 Å². The second kappa shape index (κ2) is 17.5. The Labute approximate surface area is 324 Å². The van der Waals surface area contributed by atoms with E-state index in [1.54, 1.807) is 30.5 Å². The summed E-state index contributed by atoms with van der Waals surface area (Å²) < 4.78 is 27.5. The molecule has 6 aromatic rings. The van der Waals surface area contributed by atoms with E-state index in [2.05, 4.69) is 25.2 Å². The van der Waals surface area contributed by atoms with Crippen molar-refractivity contribution in [1.29, 1.82) is 0 Å². The SMILES string of the molecule is CCCc1nc(C(C)(C)O)c(C(=O)OCc2oc(=O)oc2C)n1Cc1ccc(-c2ccccc2-c2nnn(COC(=O)Oc3cccc(CON(O)O)c3)n2)cc1. The van der Waals surface area contributed by atoms with Gasteiger partial charge in [-0.3, -0.25) is 10.4 Å². The van der Waals surface area contributed by atoms with Crippen LogP contribution >= 0.6 is 0 Å². The summed E-state index contributed by atoms with van der Waals surface area (Å²) in [6, 6.07) is 21.2. The Morgan fingerprint density at radius 2 is 1.68 bits per heavy atom. The lowest BCUT2D eigenvalue weighted by Crippen LogP contribution is -2.23. The molecule has 6 rings (SSSR count). The average Bonchev–Trinajstić information content (AvgIpc) is 3.89. The molecule has 0 aliphatic carbocycles. The topological polar surface area (TPSA) is 240 Å².